The van der Waals surface area contributed by atoms with Crippen LogP contribution in [0.1, 0.15) is 31.2 Å². The normalized spacial score (nSPS) is 13.5. The van der Waals surface area contributed by atoms with Crippen LogP contribution in [0, 0.1) is 11.3 Å². The molecule has 1 aromatic carbocycles. The van der Waals surface area contributed by atoms with Gasteiger partial charge in [0.05, 0.1) is 0 Å². The van der Waals surface area contributed by atoms with Gasteiger partial charge in [0, 0.05) is 24.6 Å². The number of nitrogens with zero attached hydrogens (tertiary/aromatic N) is 1. The van der Waals surface area contributed by atoms with Gasteiger partial charge in [-0.2, -0.15) is 5.26 Å². The first kappa shape index (κ1) is 15.3. The molecular formula is C16H21N3O2. The van der Waals surface area contributed by atoms with Crippen molar-refractivity contribution in [3.8, 4) is 11.8 Å². The maximum atomic E-state index is 11.5. The van der Waals surface area contributed by atoms with Crippen molar-refractivity contribution in [2.24, 2.45) is 0 Å². The molecule has 0 aromatic heterocycles. The first-order valence-electron chi connectivity index (χ1n) is 7.37. The Bertz CT molecular complexity index is 506. The summed E-state index contributed by atoms with van der Waals surface area (Å²) in [4.78, 5) is 11.5. The number of hydrogen-bond donors (Lipinski definition) is 2. The Morgan fingerprint density at radius 2 is 2.19 bits per heavy atom. The molecule has 0 atom stereocenters. The molecule has 5 heteroatoms. The van der Waals surface area contributed by atoms with E-state index in [1.54, 1.807) is 0 Å². The van der Waals surface area contributed by atoms with Gasteiger partial charge in [0.2, 0.25) is 5.91 Å². The Balaban J connectivity index is 1.63. The van der Waals surface area contributed by atoms with Crippen molar-refractivity contribution in [1.82, 2.24) is 10.6 Å². The van der Waals surface area contributed by atoms with E-state index in [1.807, 2.05) is 30.3 Å². The molecule has 0 spiro atoms. The van der Waals surface area contributed by atoms with Gasteiger partial charge in [-0.3, -0.25) is 4.79 Å². The highest BCUT2D eigenvalue weighted by Gasteiger charge is 2.22. The average molecular weight is 287 g/mol. The van der Waals surface area contributed by atoms with Crippen LogP contribution >= 0.6 is 0 Å². The maximum Gasteiger partial charge on any atom is 0.220 e. The fourth-order valence-electron chi connectivity index (χ4n) is 2.03. The number of rotatable bonds is 9. The van der Waals surface area contributed by atoms with Crippen molar-refractivity contribution in [3.63, 3.8) is 0 Å². The van der Waals surface area contributed by atoms with Crippen LogP contribution in [-0.4, -0.2) is 25.1 Å². The van der Waals surface area contributed by atoms with Gasteiger partial charge in [0.25, 0.3) is 0 Å². The van der Waals surface area contributed by atoms with Gasteiger partial charge in [-0.25, -0.2) is 0 Å². The second kappa shape index (κ2) is 8.28. The lowest BCUT2D eigenvalue weighted by molar-refractivity contribution is -0.121. The highest BCUT2D eigenvalue weighted by Crippen LogP contribution is 2.19. The fraction of sp³-hybridized carbons (Fsp3) is 0.500. The minimum atomic E-state index is 0.0539. The largest absolute Gasteiger partial charge is 0.478 e. The standard InChI is InChI=1S/C16H21N3O2/c17-9-11-21-15-5-2-1-4-13(15)12-18-10-3-6-16(20)19-14-7-8-14/h1-2,4-5,14,18H,3,6-8,10-12H2,(H,19,20). The van der Waals surface area contributed by atoms with Crippen molar-refractivity contribution in [2.45, 2.75) is 38.3 Å². The highest BCUT2D eigenvalue weighted by molar-refractivity contribution is 5.76. The van der Waals surface area contributed by atoms with Crippen LogP contribution in [0.3, 0.4) is 0 Å². The van der Waals surface area contributed by atoms with Crippen molar-refractivity contribution in [2.75, 3.05) is 13.2 Å². The number of carbonyl (C=O) groups excluding carboxylic acids is 1. The van der Waals surface area contributed by atoms with Crippen LogP contribution in [0.15, 0.2) is 24.3 Å². The van der Waals surface area contributed by atoms with E-state index in [0.29, 0.717) is 19.0 Å². The van der Waals surface area contributed by atoms with E-state index in [9.17, 15) is 4.79 Å². The zero-order valence-corrected chi connectivity index (χ0v) is 12.1. The van der Waals surface area contributed by atoms with Crippen molar-refractivity contribution in [3.05, 3.63) is 29.8 Å². The van der Waals surface area contributed by atoms with E-state index in [-0.39, 0.29) is 12.5 Å². The van der Waals surface area contributed by atoms with Gasteiger partial charge in [0.1, 0.15) is 11.8 Å². The van der Waals surface area contributed by atoms with Crippen LogP contribution in [0.4, 0.5) is 0 Å². The van der Waals surface area contributed by atoms with Gasteiger partial charge in [-0.05, 0) is 31.9 Å². The summed E-state index contributed by atoms with van der Waals surface area (Å²) in [7, 11) is 0. The molecule has 1 saturated carbocycles. The summed E-state index contributed by atoms with van der Waals surface area (Å²) in [6, 6.07) is 10.1. The van der Waals surface area contributed by atoms with E-state index in [1.165, 1.54) is 0 Å². The third-order valence-corrected chi connectivity index (χ3v) is 3.28. The number of para-hydroxylation sites is 1. The van der Waals surface area contributed by atoms with Crippen LogP contribution in [0.2, 0.25) is 0 Å². The molecule has 0 bridgehead atoms. The monoisotopic (exact) mass is 287 g/mol. The van der Waals surface area contributed by atoms with E-state index in [4.69, 9.17) is 10.00 Å². The number of nitrogens with one attached hydrogen (secondary N) is 2. The molecule has 21 heavy (non-hydrogen) atoms. The van der Waals surface area contributed by atoms with Crippen molar-refractivity contribution < 1.29 is 9.53 Å². The molecule has 0 radical (unpaired) electrons. The summed E-state index contributed by atoms with van der Waals surface area (Å²) in [6.45, 7) is 1.51. The van der Waals surface area contributed by atoms with Crippen LogP contribution in [-0.2, 0) is 11.3 Å². The summed E-state index contributed by atoms with van der Waals surface area (Å²) >= 11 is 0. The molecule has 112 valence electrons. The number of amides is 1. The lowest BCUT2D eigenvalue weighted by Gasteiger charge is -2.10. The number of ether oxygens (including phenoxy) is 1. The molecule has 2 N–H and O–H groups in total. The Morgan fingerprint density at radius 1 is 1.38 bits per heavy atom. The van der Waals surface area contributed by atoms with Crippen LogP contribution < -0.4 is 15.4 Å². The van der Waals surface area contributed by atoms with Gasteiger partial charge in [-0.15, -0.1) is 0 Å². The molecule has 5 nitrogen and oxygen atoms in total. The molecule has 1 aromatic rings. The molecule has 1 aliphatic rings. The van der Waals surface area contributed by atoms with Gasteiger partial charge in [-0.1, -0.05) is 18.2 Å². The smallest absolute Gasteiger partial charge is 0.220 e. The van der Waals surface area contributed by atoms with Crippen LogP contribution in [0.25, 0.3) is 0 Å². The van der Waals surface area contributed by atoms with E-state index in [0.717, 1.165) is 37.1 Å². The lowest BCUT2D eigenvalue weighted by atomic mass is 10.2. The minimum Gasteiger partial charge on any atom is -0.478 e. The Hall–Kier alpha value is -2.06. The second-order valence-corrected chi connectivity index (χ2v) is 5.18. The van der Waals surface area contributed by atoms with Crippen molar-refractivity contribution >= 4 is 5.91 Å². The Morgan fingerprint density at radius 3 is 2.95 bits per heavy atom. The van der Waals surface area contributed by atoms with E-state index >= 15 is 0 Å². The summed E-state index contributed by atoms with van der Waals surface area (Å²) in [5.41, 5.74) is 1.02. The molecule has 1 fully saturated rings. The first-order chi connectivity index (χ1) is 10.3. The molecular weight excluding hydrogens is 266 g/mol. The first-order valence-corrected chi connectivity index (χ1v) is 7.37. The Kier molecular flexibility index (Phi) is 6.04. The van der Waals surface area contributed by atoms with E-state index < -0.39 is 0 Å². The molecule has 2 rings (SSSR count). The predicted molar refractivity (Wildman–Crippen MR) is 79.7 cm³/mol. The molecule has 1 aliphatic carbocycles. The Labute approximate surface area is 125 Å². The summed E-state index contributed by atoms with van der Waals surface area (Å²) in [6.07, 6.45) is 3.64. The molecule has 1 amide bonds. The van der Waals surface area contributed by atoms with Crippen molar-refractivity contribution in [1.29, 1.82) is 5.26 Å². The third-order valence-electron chi connectivity index (χ3n) is 3.28. The highest BCUT2D eigenvalue weighted by atomic mass is 16.5. The molecule has 0 heterocycles. The quantitative estimate of drug-likeness (QED) is 0.678. The summed E-state index contributed by atoms with van der Waals surface area (Å²) in [5, 5.41) is 14.8. The minimum absolute atomic E-state index is 0.0539. The van der Waals surface area contributed by atoms with Gasteiger partial charge < -0.3 is 15.4 Å². The average Bonchev–Trinajstić information content (AvgIpc) is 3.29. The summed E-state index contributed by atoms with van der Waals surface area (Å²) < 4.78 is 5.37. The fourth-order valence-corrected chi connectivity index (χ4v) is 2.03. The third kappa shape index (κ3) is 5.84. The topological polar surface area (TPSA) is 74.1 Å². The predicted octanol–water partition coefficient (Wildman–Crippen LogP) is 1.74. The maximum absolute atomic E-state index is 11.5. The number of carbonyl (C=O) groups is 1. The summed E-state index contributed by atoms with van der Waals surface area (Å²) in [5.74, 6) is 0.884. The molecule has 0 saturated heterocycles. The number of benzene rings is 1. The van der Waals surface area contributed by atoms with Crippen LogP contribution in [0.5, 0.6) is 5.75 Å². The number of hydrogen-bond acceptors (Lipinski definition) is 4. The number of nitriles is 1. The van der Waals surface area contributed by atoms with Gasteiger partial charge in [0.15, 0.2) is 6.61 Å². The van der Waals surface area contributed by atoms with E-state index in [2.05, 4.69) is 10.6 Å². The molecule has 0 unspecified atom stereocenters. The SMILES string of the molecule is N#CCOc1ccccc1CNCCCC(=O)NC1CC1. The second-order valence-electron chi connectivity index (χ2n) is 5.18. The zero-order valence-electron chi connectivity index (χ0n) is 12.1. The molecule has 0 aliphatic heterocycles. The van der Waals surface area contributed by atoms with Gasteiger partial charge >= 0.3 is 0 Å². The lowest BCUT2D eigenvalue weighted by Crippen LogP contribution is -2.26. The zero-order chi connectivity index (χ0) is 14.9.